The molecule has 0 bridgehead atoms. The molecule has 6 heteroatoms. The summed E-state index contributed by atoms with van der Waals surface area (Å²) < 4.78 is 0. The highest BCUT2D eigenvalue weighted by Crippen LogP contribution is 2.24. The van der Waals surface area contributed by atoms with Crippen LogP contribution in [0.1, 0.15) is 16.7 Å². The number of benzene rings is 2. The van der Waals surface area contributed by atoms with Crippen LogP contribution in [-0.4, -0.2) is 28.9 Å². The molecule has 0 aliphatic carbocycles. The SMILES string of the molecule is Cc1ccc(NCC(=O)NN=Cc2c(C)cc(O)cc2O)cc1. The summed E-state index contributed by atoms with van der Waals surface area (Å²) in [6.45, 7) is 3.80. The smallest absolute Gasteiger partial charge is 0.259 e. The Kier molecular flexibility index (Phi) is 5.19. The Morgan fingerprint density at radius 1 is 1.17 bits per heavy atom. The molecule has 0 atom stereocenters. The number of carbonyl (C=O) groups excluding carboxylic acids is 1. The Morgan fingerprint density at radius 3 is 2.52 bits per heavy atom. The molecule has 2 aromatic rings. The molecule has 0 aromatic heterocycles. The van der Waals surface area contributed by atoms with E-state index in [1.54, 1.807) is 6.92 Å². The Morgan fingerprint density at radius 2 is 1.87 bits per heavy atom. The summed E-state index contributed by atoms with van der Waals surface area (Å²) >= 11 is 0. The number of amides is 1. The van der Waals surface area contributed by atoms with Crippen molar-refractivity contribution in [2.45, 2.75) is 13.8 Å². The van der Waals surface area contributed by atoms with Crippen LogP contribution in [0, 0.1) is 13.8 Å². The topological polar surface area (TPSA) is 94.0 Å². The van der Waals surface area contributed by atoms with E-state index in [9.17, 15) is 15.0 Å². The Bertz CT molecular complexity index is 701. The molecule has 0 heterocycles. The fourth-order valence-electron chi connectivity index (χ4n) is 1.99. The van der Waals surface area contributed by atoms with Gasteiger partial charge in [0.2, 0.25) is 0 Å². The van der Waals surface area contributed by atoms with Crippen molar-refractivity contribution in [3.8, 4) is 11.5 Å². The summed E-state index contributed by atoms with van der Waals surface area (Å²) in [7, 11) is 0. The number of nitrogens with zero attached hydrogens (tertiary/aromatic N) is 1. The van der Waals surface area contributed by atoms with Gasteiger partial charge in [-0.15, -0.1) is 0 Å². The number of hydrogen-bond donors (Lipinski definition) is 4. The van der Waals surface area contributed by atoms with Gasteiger partial charge in [0, 0.05) is 17.3 Å². The zero-order valence-electron chi connectivity index (χ0n) is 13.0. The van der Waals surface area contributed by atoms with Crippen molar-refractivity contribution in [2.24, 2.45) is 5.10 Å². The molecule has 0 aliphatic heterocycles. The molecule has 0 saturated carbocycles. The molecular weight excluding hydrogens is 294 g/mol. The lowest BCUT2D eigenvalue weighted by Crippen LogP contribution is -2.25. The number of rotatable bonds is 5. The van der Waals surface area contributed by atoms with Crippen molar-refractivity contribution >= 4 is 17.8 Å². The molecule has 0 aliphatic rings. The van der Waals surface area contributed by atoms with Gasteiger partial charge in [-0.3, -0.25) is 4.79 Å². The maximum atomic E-state index is 11.7. The summed E-state index contributed by atoms with van der Waals surface area (Å²) in [6.07, 6.45) is 1.34. The number of hydrazone groups is 1. The van der Waals surface area contributed by atoms with Gasteiger partial charge >= 0.3 is 0 Å². The number of aryl methyl sites for hydroxylation is 2. The van der Waals surface area contributed by atoms with Crippen molar-refractivity contribution < 1.29 is 15.0 Å². The van der Waals surface area contributed by atoms with Crippen LogP contribution in [0.5, 0.6) is 11.5 Å². The Labute approximate surface area is 134 Å². The highest BCUT2D eigenvalue weighted by atomic mass is 16.3. The summed E-state index contributed by atoms with van der Waals surface area (Å²) in [4.78, 5) is 11.7. The molecule has 6 nitrogen and oxygen atoms in total. The average molecular weight is 313 g/mol. The summed E-state index contributed by atoms with van der Waals surface area (Å²) in [5.74, 6) is -0.431. The number of phenols is 2. The molecule has 4 N–H and O–H groups in total. The van der Waals surface area contributed by atoms with Gasteiger partial charge in [0.15, 0.2) is 0 Å². The van der Waals surface area contributed by atoms with E-state index in [4.69, 9.17) is 0 Å². The van der Waals surface area contributed by atoms with Crippen LogP contribution in [0.15, 0.2) is 41.5 Å². The molecule has 2 aromatic carbocycles. The lowest BCUT2D eigenvalue weighted by Gasteiger charge is -2.06. The largest absolute Gasteiger partial charge is 0.508 e. The first kappa shape index (κ1) is 16.4. The average Bonchev–Trinajstić information content (AvgIpc) is 2.49. The van der Waals surface area contributed by atoms with Gasteiger partial charge in [-0.2, -0.15) is 5.10 Å². The number of nitrogens with one attached hydrogen (secondary N) is 2. The molecule has 23 heavy (non-hydrogen) atoms. The van der Waals surface area contributed by atoms with Gasteiger partial charge in [-0.1, -0.05) is 17.7 Å². The minimum Gasteiger partial charge on any atom is -0.508 e. The zero-order chi connectivity index (χ0) is 16.8. The second-order valence-corrected chi connectivity index (χ2v) is 5.21. The highest BCUT2D eigenvalue weighted by molar-refractivity contribution is 5.87. The van der Waals surface area contributed by atoms with Crippen molar-refractivity contribution in [1.82, 2.24) is 5.43 Å². The van der Waals surface area contributed by atoms with Crippen LogP contribution in [0.25, 0.3) is 0 Å². The normalized spacial score (nSPS) is 10.7. The van der Waals surface area contributed by atoms with Crippen LogP contribution in [0.2, 0.25) is 0 Å². The molecule has 120 valence electrons. The van der Waals surface area contributed by atoms with Gasteiger partial charge in [0.05, 0.1) is 12.8 Å². The van der Waals surface area contributed by atoms with Crippen LogP contribution < -0.4 is 10.7 Å². The Hall–Kier alpha value is -3.02. The third kappa shape index (κ3) is 4.74. The number of phenolic OH excluding ortho intramolecular Hbond substituents is 2. The fraction of sp³-hybridized carbons (Fsp3) is 0.176. The standard InChI is InChI=1S/C17H19N3O3/c1-11-3-5-13(6-4-11)18-10-17(23)20-19-9-15-12(2)7-14(21)8-16(15)22/h3-9,18,21-22H,10H2,1-2H3,(H,20,23). The molecule has 0 radical (unpaired) electrons. The molecule has 2 rings (SSSR count). The number of aromatic hydroxyl groups is 2. The maximum Gasteiger partial charge on any atom is 0.259 e. The fourth-order valence-corrected chi connectivity index (χ4v) is 1.99. The van der Waals surface area contributed by atoms with Crippen LogP contribution in [0.4, 0.5) is 5.69 Å². The van der Waals surface area contributed by atoms with Gasteiger partial charge in [-0.25, -0.2) is 5.43 Å². The lowest BCUT2D eigenvalue weighted by molar-refractivity contribution is -0.119. The van der Waals surface area contributed by atoms with E-state index in [0.29, 0.717) is 11.1 Å². The van der Waals surface area contributed by atoms with E-state index in [1.807, 2.05) is 31.2 Å². The third-order valence-electron chi connectivity index (χ3n) is 3.24. The van der Waals surface area contributed by atoms with E-state index in [-0.39, 0.29) is 24.0 Å². The molecule has 0 saturated heterocycles. The van der Waals surface area contributed by atoms with Gasteiger partial charge in [-0.05, 0) is 37.6 Å². The van der Waals surface area contributed by atoms with Crippen molar-refractivity contribution in [1.29, 1.82) is 0 Å². The maximum absolute atomic E-state index is 11.7. The summed E-state index contributed by atoms with van der Waals surface area (Å²) in [5, 5.41) is 25.9. The minimum atomic E-state index is -0.308. The minimum absolute atomic E-state index is 0.0246. The monoisotopic (exact) mass is 313 g/mol. The molecular formula is C17H19N3O3. The van der Waals surface area contributed by atoms with Crippen molar-refractivity contribution in [3.63, 3.8) is 0 Å². The first-order chi connectivity index (χ1) is 11.0. The molecule has 0 fully saturated rings. The predicted octanol–water partition coefficient (Wildman–Crippen LogP) is 2.28. The number of carbonyl (C=O) groups is 1. The van der Waals surface area contributed by atoms with Crippen molar-refractivity contribution in [3.05, 3.63) is 53.1 Å². The van der Waals surface area contributed by atoms with E-state index < -0.39 is 0 Å². The van der Waals surface area contributed by atoms with E-state index in [0.717, 1.165) is 11.3 Å². The lowest BCUT2D eigenvalue weighted by atomic mass is 10.1. The summed E-state index contributed by atoms with van der Waals surface area (Å²) in [6, 6.07) is 10.4. The molecule has 0 spiro atoms. The van der Waals surface area contributed by atoms with Crippen molar-refractivity contribution in [2.75, 3.05) is 11.9 Å². The van der Waals surface area contributed by atoms with Gasteiger partial charge in [0.25, 0.3) is 5.91 Å². The quantitative estimate of drug-likeness (QED) is 0.503. The van der Waals surface area contributed by atoms with Crippen LogP contribution in [-0.2, 0) is 4.79 Å². The summed E-state index contributed by atoms with van der Waals surface area (Å²) in [5.41, 5.74) is 5.46. The van der Waals surface area contributed by atoms with E-state index in [1.165, 1.54) is 18.3 Å². The van der Waals surface area contributed by atoms with Gasteiger partial charge < -0.3 is 15.5 Å². The number of hydrogen-bond acceptors (Lipinski definition) is 5. The Balaban J connectivity index is 1.88. The van der Waals surface area contributed by atoms with Gasteiger partial charge in [0.1, 0.15) is 11.5 Å². The second-order valence-electron chi connectivity index (χ2n) is 5.21. The van der Waals surface area contributed by atoms with Crippen LogP contribution >= 0.6 is 0 Å². The van der Waals surface area contributed by atoms with Crippen LogP contribution in [0.3, 0.4) is 0 Å². The first-order valence-electron chi connectivity index (χ1n) is 7.10. The predicted molar refractivity (Wildman–Crippen MR) is 89.9 cm³/mol. The second kappa shape index (κ2) is 7.31. The van der Waals surface area contributed by atoms with E-state index >= 15 is 0 Å². The molecule has 0 unspecified atom stereocenters. The number of anilines is 1. The first-order valence-corrected chi connectivity index (χ1v) is 7.10. The zero-order valence-corrected chi connectivity index (χ0v) is 13.0. The highest BCUT2D eigenvalue weighted by Gasteiger charge is 2.05. The molecule has 1 amide bonds. The third-order valence-corrected chi connectivity index (χ3v) is 3.24. The van der Waals surface area contributed by atoms with E-state index in [2.05, 4.69) is 15.8 Å².